The molecule has 0 aliphatic carbocycles. The Morgan fingerprint density at radius 2 is 1.76 bits per heavy atom. The summed E-state index contributed by atoms with van der Waals surface area (Å²) in [4.78, 5) is 16.3. The summed E-state index contributed by atoms with van der Waals surface area (Å²) in [5.74, 6) is -0.0544. The van der Waals surface area contributed by atoms with E-state index in [1.165, 1.54) is 28.4 Å². The van der Waals surface area contributed by atoms with Crippen molar-refractivity contribution in [3.63, 3.8) is 0 Å². The monoisotopic (exact) mass is 426 g/mol. The van der Waals surface area contributed by atoms with E-state index in [1.54, 1.807) is 47.7 Å². The molecule has 29 heavy (non-hydrogen) atoms. The van der Waals surface area contributed by atoms with E-state index < -0.39 is 10.0 Å². The SMILES string of the molecule is CN(c1ccccc1)S(=O)(=O)c1ccc(C(=O)N2CCCC2c2cccs2)cc1. The molecule has 3 aromatic rings. The van der Waals surface area contributed by atoms with E-state index in [0.717, 1.165) is 19.4 Å². The standard InChI is InChI=1S/C22H22N2O3S2/c1-23(18-7-3-2-4-8-18)29(26,27)19-13-11-17(12-14-19)22(25)24-15-5-9-20(24)21-10-6-16-28-21/h2-4,6-8,10-14,16,20H,5,9,15H2,1H3. The lowest BCUT2D eigenvalue weighted by Gasteiger charge is -2.24. The van der Waals surface area contributed by atoms with Crippen LogP contribution in [0.3, 0.4) is 0 Å². The first-order valence-electron chi connectivity index (χ1n) is 9.47. The highest BCUT2D eigenvalue weighted by Gasteiger charge is 2.31. The fourth-order valence-electron chi connectivity index (χ4n) is 3.66. The van der Waals surface area contributed by atoms with Crippen LogP contribution in [0.5, 0.6) is 0 Å². The number of benzene rings is 2. The molecule has 1 unspecified atom stereocenters. The van der Waals surface area contributed by atoms with Crippen molar-refractivity contribution in [2.75, 3.05) is 17.9 Å². The number of rotatable bonds is 5. The van der Waals surface area contributed by atoms with Gasteiger partial charge in [-0.3, -0.25) is 9.10 Å². The summed E-state index contributed by atoms with van der Waals surface area (Å²) in [5, 5.41) is 2.03. The highest BCUT2D eigenvalue weighted by molar-refractivity contribution is 7.92. The molecule has 2 heterocycles. The summed E-state index contributed by atoms with van der Waals surface area (Å²) >= 11 is 1.66. The number of sulfonamides is 1. The molecule has 1 amide bonds. The second kappa shape index (κ2) is 8.00. The normalized spacial score (nSPS) is 16.7. The fourth-order valence-corrected chi connectivity index (χ4v) is 5.73. The number of anilines is 1. The van der Waals surface area contributed by atoms with Gasteiger partial charge in [0.15, 0.2) is 0 Å². The minimum Gasteiger partial charge on any atom is -0.331 e. The minimum absolute atomic E-state index is 0.0544. The smallest absolute Gasteiger partial charge is 0.264 e. The molecule has 2 aromatic carbocycles. The van der Waals surface area contributed by atoms with Crippen LogP contribution < -0.4 is 4.31 Å². The zero-order valence-corrected chi connectivity index (χ0v) is 17.7. The van der Waals surface area contributed by atoms with Gasteiger partial charge in [-0.15, -0.1) is 11.3 Å². The lowest BCUT2D eigenvalue weighted by atomic mass is 10.1. The van der Waals surface area contributed by atoms with Crippen LogP contribution >= 0.6 is 11.3 Å². The van der Waals surface area contributed by atoms with E-state index in [0.29, 0.717) is 11.3 Å². The molecule has 0 saturated carbocycles. The van der Waals surface area contributed by atoms with Crippen molar-refractivity contribution in [1.82, 2.24) is 4.90 Å². The molecule has 5 nitrogen and oxygen atoms in total. The van der Waals surface area contributed by atoms with Crippen LogP contribution in [-0.2, 0) is 10.0 Å². The number of amides is 1. The largest absolute Gasteiger partial charge is 0.331 e. The molecule has 1 aliphatic rings. The van der Waals surface area contributed by atoms with Gasteiger partial charge in [0.2, 0.25) is 0 Å². The van der Waals surface area contributed by atoms with E-state index in [9.17, 15) is 13.2 Å². The molecular weight excluding hydrogens is 404 g/mol. The van der Waals surface area contributed by atoms with Crippen LogP contribution in [0, 0.1) is 0 Å². The molecular formula is C22H22N2O3S2. The molecule has 1 aliphatic heterocycles. The average molecular weight is 427 g/mol. The first kappa shape index (κ1) is 19.7. The van der Waals surface area contributed by atoms with Crippen molar-refractivity contribution in [1.29, 1.82) is 0 Å². The maximum Gasteiger partial charge on any atom is 0.264 e. The lowest BCUT2D eigenvalue weighted by Crippen LogP contribution is -2.30. The Kier molecular flexibility index (Phi) is 5.43. The molecule has 0 spiro atoms. The molecule has 7 heteroatoms. The van der Waals surface area contributed by atoms with Crippen LogP contribution in [-0.4, -0.2) is 32.8 Å². The number of hydrogen-bond donors (Lipinski definition) is 0. The third kappa shape index (κ3) is 3.80. The Labute approximate surface area is 175 Å². The number of carbonyl (C=O) groups excluding carboxylic acids is 1. The van der Waals surface area contributed by atoms with Crippen LogP contribution in [0.25, 0.3) is 0 Å². The van der Waals surface area contributed by atoms with Crippen molar-refractivity contribution >= 4 is 33.0 Å². The third-order valence-electron chi connectivity index (χ3n) is 5.26. The summed E-state index contributed by atoms with van der Waals surface area (Å²) < 4.78 is 27.1. The van der Waals surface area contributed by atoms with Gasteiger partial charge in [0.1, 0.15) is 0 Å². The molecule has 0 bridgehead atoms. The highest BCUT2D eigenvalue weighted by atomic mass is 32.2. The summed E-state index contributed by atoms with van der Waals surface area (Å²) in [6.07, 6.45) is 1.93. The molecule has 150 valence electrons. The maximum absolute atomic E-state index is 13.0. The van der Waals surface area contributed by atoms with E-state index in [1.807, 2.05) is 22.4 Å². The molecule has 1 fully saturated rings. The van der Waals surface area contributed by atoms with Crippen LogP contribution in [0.15, 0.2) is 77.0 Å². The molecule has 1 aromatic heterocycles. The summed E-state index contributed by atoms with van der Waals surface area (Å²) in [5.41, 5.74) is 1.10. The number of carbonyl (C=O) groups is 1. The van der Waals surface area contributed by atoms with Gasteiger partial charge in [-0.05, 0) is 60.7 Å². The third-order valence-corrected chi connectivity index (χ3v) is 8.04. The van der Waals surface area contributed by atoms with Gasteiger partial charge in [-0.25, -0.2) is 8.42 Å². The molecule has 1 saturated heterocycles. The van der Waals surface area contributed by atoms with E-state index >= 15 is 0 Å². The number of nitrogens with zero attached hydrogens (tertiary/aromatic N) is 2. The lowest BCUT2D eigenvalue weighted by molar-refractivity contribution is 0.0738. The zero-order chi connectivity index (χ0) is 20.4. The Bertz CT molecular complexity index is 1080. The number of hydrogen-bond acceptors (Lipinski definition) is 4. The number of para-hydroxylation sites is 1. The van der Waals surface area contributed by atoms with Crippen molar-refractivity contribution in [2.24, 2.45) is 0 Å². The second-order valence-electron chi connectivity index (χ2n) is 7.00. The van der Waals surface area contributed by atoms with Crippen LogP contribution in [0.4, 0.5) is 5.69 Å². The van der Waals surface area contributed by atoms with Gasteiger partial charge in [-0.2, -0.15) is 0 Å². The predicted octanol–water partition coefficient (Wildman–Crippen LogP) is 4.55. The van der Waals surface area contributed by atoms with Gasteiger partial charge in [0, 0.05) is 24.0 Å². The Hall–Kier alpha value is -2.64. The topological polar surface area (TPSA) is 57.7 Å². The van der Waals surface area contributed by atoms with Gasteiger partial charge in [0.25, 0.3) is 15.9 Å². The van der Waals surface area contributed by atoms with Crippen LogP contribution in [0.1, 0.15) is 34.1 Å². The van der Waals surface area contributed by atoms with Crippen molar-refractivity contribution in [3.05, 3.63) is 82.6 Å². The summed E-state index contributed by atoms with van der Waals surface area (Å²) in [6, 6.07) is 19.3. The Morgan fingerprint density at radius 1 is 1.03 bits per heavy atom. The van der Waals surface area contributed by atoms with Crippen LogP contribution in [0.2, 0.25) is 0 Å². The first-order chi connectivity index (χ1) is 14.0. The second-order valence-corrected chi connectivity index (χ2v) is 9.95. The number of thiophene rings is 1. The van der Waals surface area contributed by atoms with E-state index in [-0.39, 0.29) is 16.8 Å². The summed E-state index contributed by atoms with van der Waals surface area (Å²) in [6.45, 7) is 0.720. The average Bonchev–Trinajstić information content (AvgIpc) is 3.45. The van der Waals surface area contributed by atoms with Gasteiger partial charge in [-0.1, -0.05) is 24.3 Å². The molecule has 0 radical (unpaired) electrons. The Balaban J connectivity index is 1.55. The highest BCUT2D eigenvalue weighted by Crippen LogP contribution is 2.35. The zero-order valence-electron chi connectivity index (χ0n) is 16.1. The molecule has 4 rings (SSSR count). The van der Waals surface area contributed by atoms with E-state index in [2.05, 4.69) is 6.07 Å². The van der Waals surface area contributed by atoms with E-state index in [4.69, 9.17) is 0 Å². The molecule has 1 atom stereocenters. The summed E-state index contributed by atoms with van der Waals surface area (Å²) in [7, 11) is -2.16. The minimum atomic E-state index is -3.69. The van der Waals surface area contributed by atoms with Crippen molar-refractivity contribution in [3.8, 4) is 0 Å². The fraction of sp³-hybridized carbons (Fsp3) is 0.227. The quantitative estimate of drug-likeness (QED) is 0.601. The Morgan fingerprint density at radius 3 is 2.41 bits per heavy atom. The van der Waals surface area contributed by atoms with Crippen molar-refractivity contribution < 1.29 is 13.2 Å². The van der Waals surface area contributed by atoms with Gasteiger partial charge in [0.05, 0.1) is 16.6 Å². The maximum atomic E-state index is 13.0. The number of likely N-dealkylation sites (tertiary alicyclic amines) is 1. The van der Waals surface area contributed by atoms with Crippen molar-refractivity contribution in [2.45, 2.75) is 23.8 Å². The first-order valence-corrected chi connectivity index (χ1v) is 11.8. The molecule has 0 N–H and O–H groups in total. The van der Waals surface area contributed by atoms with Gasteiger partial charge < -0.3 is 4.90 Å². The predicted molar refractivity (Wildman–Crippen MR) is 116 cm³/mol. The van der Waals surface area contributed by atoms with Gasteiger partial charge >= 0.3 is 0 Å².